The molecule has 0 bridgehead atoms. The number of nitrogens with one attached hydrogen (secondary N) is 1. The van der Waals surface area contributed by atoms with Crippen molar-refractivity contribution >= 4 is 34.9 Å². The first-order valence-electron chi connectivity index (χ1n) is 7.42. The van der Waals surface area contributed by atoms with E-state index in [9.17, 15) is 19.7 Å². The Hall–Kier alpha value is -3.13. The molecule has 1 amide bonds. The SMILES string of the molecule is COc1ccc(NC(=O)C(C)OC(=O)c2ccccc2[N+](=O)[O-])cc1Cl. The zero-order valence-corrected chi connectivity index (χ0v) is 14.6. The van der Waals surface area contributed by atoms with Crippen molar-refractivity contribution in [3.8, 4) is 5.75 Å². The minimum absolute atomic E-state index is 0.232. The van der Waals surface area contributed by atoms with Gasteiger partial charge in [-0.15, -0.1) is 0 Å². The predicted octanol–water partition coefficient (Wildman–Crippen LogP) is 3.44. The van der Waals surface area contributed by atoms with E-state index in [1.165, 1.54) is 44.4 Å². The van der Waals surface area contributed by atoms with Gasteiger partial charge in [0.15, 0.2) is 6.10 Å². The zero-order valence-electron chi connectivity index (χ0n) is 13.9. The fraction of sp³-hybridized carbons (Fsp3) is 0.176. The fourth-order valence-electron chi connectivity index (χ4n) is 2.07. The number of hydrogen-bond donors (Lipinski definition) is 1. The van der Waals surface area contributed by atoms with Crippen LogP contribution in [0.4, 0.5) is 11.4 Å². The first-order valence-corrected chi connectivity index (χ1v) is 7.80. The van der Waals surface area contributed by atoms with Gasteiger partial charge in [0.2, 0.25) is 0 Å². The van der Waals surface area contributed by atoms with E-state index >= 15 is 0 Å². The molecule has 2 aromatic rings. The van der Waals surface area contributed by atoms with Crippen molar-refractivity contribution in [1.29, 1.82) is 0 Å². The van der Waals surface area contributed by atoms with Gasteiger partial charge in [-0.05, 0) is 31.2 Å². The molecule has 1 unspecified atom stereocenters. The number of anilines is 1. The molecule has 0 heterocycles. The summed E-state index contributed by atoms with van der Waals surface area (Å²) in [6.45, 7) is 1.35. The highest BCUT2D eigenvalue weighted by molar-refractivity contribution is 6.32. The first kappa shape index (κ1) is 19.2. The van der Waals surface area contributed by atoms with Crippen molar-refractivity contribution in [3.05, 3.63) is 63.2 Å². The highest BCUT2D eigenvalue weighted by Gasteiger charge is 2.25. The third kappa shape index (κ3) is 4.48. The molecule has 0 fully saturated rings. The maximum atomic E-state index is 12.2. The first-order chi connectivity index (χ1) is 12.3. The highest BCUT2D eigenvalue weighted by atomic mass is 35.5. The van der Waals surface area contributed by atoms with Crippen LogP contribution in [0.2, 0.25) is 5.02 Å². The summed E-state index contributed by atoms with van der Waals surface area (Å²) in [6.07, 6.45) is -1.18. The number of carbonyl (C=O) groups excluding carboxylic acids is 2. The molecule has 2 rings (SSSR count). The van der Waals surface area contributed by atoms with E-state index in [1.54, 1.807) is 12.1 Å². The Morgan fingerprint density at radius 1 is 1.23 bits per heavy atom. The number of amides is 1. The van der Waals surface area contributed by atoms with Gasteiger partial charge in [-0.3, -0.25) is 14.9 Å². The third-order valence-corrected chi connectivity index (χ3v) is 3.69. The number of para-hydroxylation sites is 1. The van der Waals surface area contributed by atoms with Crippen molar-refractivity contribution < 1.29 is 24.0 Å². The normalized spacial score (nSPS) is 11.3. The number of nitro benzene ring substituents is 1. The van der Waals surface area contributed by atoms with Crippen LogP contribution in [0.25, 0.3) is 0 Å². The number of carbonyl (C=O) groups is 2. The lowest BCUT2D eigenvalue weighted by Gasteiger charge is -2.14. The number of halogens is 1. The molecule has 0 spiro atoms. The van der Waals surface area contributed by atoms with Gasteiger partial charge >= 0.3 is 5.97 Å². The summed E-state index contributed by atoms with van der Waals surface area (Å²) >= 11 is 5.98. The summed E-state index contributed by atoms with van der Waals surface area (Å²) in [7, 11) is 1.46. The molecule has 2 aromatic carbocycles. The van der Waals surface area contributed by atoms with E-state index in [2.05, 4.69) is 5.32 Å². The summed E-state index contributed by atoms with van der Waals surface area (Å²) in [5, 5.41) is 13.8. The molecule has 1 atom stereocenters. The lowest BCUT2D eigenvalue weighted by molar-refractivity contribution is -0.385. The number of methoxy groups -OCH3 is 1. The van der Waals surface area contributed by atoms with Gasteiger partial charge in [-0.1, -0.05) is 23.7 Å². The van der Waals surface area contributed by atoms with Crippen LogP contribution in [0.5, 0.6) is 5.75 Å². The van der Waals surface area contributed by atoms with Crippen molar-refractivity contribution in [2.24, 2.45) is 0 Å². The molecule has 1 N–H and O–H groups in total. The number of nitrogens with zero attached hydrogens (tertiary/aromatic N) is 1. The number of benzene rings is 2. The second-order valence-corrected chi connectivity index (χ2v) is 5.57. The number of nitro groups is 1. The summed E-state index contributed by atoms with van der Waals surface area (Å²) in [5.74, 6) is -1.13. The van der Waals surface area contributed by atoms with Gasteiger partial charge in [-0.25, -0.2) is 4.79 Å². The van der Waals surface area contributed by atoms with Crippen LogP contribution in [0.15, 0.2) is 42.5 Å². The van der Waals surface area contributed by atoms with Gasteiger partial charge in [0.1, 0.15) is 11.3 Å². The van der Waals surface area contributed by atoms with Crippen LogP contribution in [0, 0.1) is 10.1 Å². The Morgan fingerprint density at radius 3 is 2.54 bits per heavy atom. The highest BCUT2D eigenvalue weighted by Crippen LogP contribution is 2.27. The Labute approximate surface area is 153 Å². The largest absolute Gasteiger partial charge is 0.495 e. The van der Waals surface area contributed by atoms with Crippen molar-refractivity contribution in [2.75, 3.05) is 12.4 Å². The van der Waals surface area contributed by atoms with Gasteiger partial charge < -0.3 is 14.8 Å². The average molecular weight is 379 g/mol. The van der Waals surface area contributed by atoms with Crippen molar-refractivity contribution in [2.45, 2.75) is 13.0 Å². The fourth-order valence-corrected chi connectivity index (χ4v) is 2.33. The topological polar surface area (TPSA) is 108 Å². The molecule has 8 nitrogen and oxygen atoms in total. The van der Waals surface area contributed by atoms with Crippen LogP contribution in [-0.2, 0) is 9.53 Å². The molecule has 0 aliphatic rings. The van der Waals surface area contributed by atoms with Crippen LogP contribution in [0.3, 0.4) is 0 Å². The van der Waals surface area contributed by atoms with E-state index in [0.717, 1.165) is 0 Å². The van der Waals surface area contributed by atoms with E-state index in [4.69, 9.17) is 21.1 Å². The number of hydrogen-bond acceptors (Lipinski definition) is 6. The second-order valence-electron chi connectivity index (χ2n) is 5.16. The minimum Gasteiger partial charge on any atom is -0.495 e. The molecule has 0 aliphatic heterocycles. The Bertz CT molecular complexity index is 855. The molecule has 0 saturated heterocycles. The third-order valence-electron chi connectivity index (χ3n) is 3.39. The minimum atomic E-state index is -1.18. The molecule has 0 aliphatic carbocycles. The Kier molecular flexibility index (Phi) is 6.13. The van der Waals surface area contributed by atoms with E-state index in [0.29, 0.717) is 16.5 Å². The zero-order chi connectivity index (χ0) is 19.3. The summed E-state index contributed by atoms with van der Waals surface area (Å²) in [6, 6.07) is 9.96. The predicted molar refractivity (Wildman–Crippen MR) is 94.6 cm³/mol. The van der Waals surface area contributed by atoms with E-state index in [1.807, 2.05) is 0 Å². The Morgan fingerprint density at radius 2 is 1.92 bits per heavy atom. The standard InChI is InChI=1S/C17H15ClN2O6/c1-10(16(21)19-11-7-8-15(25-2)13(18)9-11)26-17(22)12-5-3-4-6-14(12)20(23)24/h3-10H,1-2H3,(H,19,21). The second kappa shape index (κ2) is 8.30. The number of ether oxygens (including phenoxy) is 2. The molecular weight excluding hydrogens is 364 g/mol. The molecule has 9 heteroatoms. The van der Waals surface area contributed by atoms with Crippen molar-refractivity contribution in [1.82, 2.24) is 0 Å². The van der Waals surface area contributed by atoms with Crippen LogP contribution in [-0.4, -0.2) is 30.0 Å². The summed E-state index contributed by atoms with van der Waals surface area (Å²) in [5.41, 5.74) is -0.244. The van der Waals surface area contributed by atoms with Crippen molar-refractivity contribution in [3.63, 3.8) is 0 Å². The molecule has 0 aromatic heterocycles. The Balaban J connectivity index is 2.06. The van der Waals surface area contributed by atoms with Crippen LogP contribution >= 0.6 is 11.6 Å². The lowest BCUT2D eigenvalue weighted by Crippen LogP contribution is -2.30. The number of esters is 1. The average Bonchev–Trinajstić information content (AvgIpc) is 2.61. The monoisotopic (exact) mass is 378 g/mol. The lowest BCUT2D eigenvalue weighted by atomic mass is 10.2. The maximum Gasteiger partial charge on any atom is 0.345 e. The van der Waals surface area contributed by atoms with E-state index < -0.39 is 28.6 Å². The van der Waals surface area contributed by atoms with E-state index in [-0.39, 0.29) is 5.56 Å². The summed E-state index contributed by atoms with van der Waals surface area (Å²) in [4.78, 5) is 34.6. The van der Waals surface area contributed by atoms with Crippen LogP contribution < -0.4 is 10.1 Å². The van der Waals surface area contributed by atoms with Crippen LogP contribution in [0.1, 0.15) is 17.3 Å². The molecule has 26 heavy (non-hydrogen) atoms. The van der Waals surface area contributed by atoms with Gasteiger partial charge in [0.05, 0.1) is 17.1 Å². The molecule has 0 saturated carbocycles. The maximum absolute atomic E-state index is 12.2. The smallest absolute Gasteiger partial charge is 0.345 e. The van der Waals surface area contributed by atoms with Gasteiger partial charge in [-0.2, -0.15) is 0 Å². The van der Waals surface area contributed by atoms with Gasteiger partial charge in [0, 0.05) is 11.8 Å². The quantitative estimate of drug-likeness (QED) is 0.468. The molecular formula is C17H15ClN2O6. The number of rotatable bonds is 6. The molecule has 136 valence electrons. The summed E-state index contributed by atoms with van der Waals surface area (Å²) < 4.78 is 10.0. The molecule has 0 radical (unpaired) electrons. The van der Waals surface area contributed by atoms with Gasteiger partial charge in [0.25, 0.3) is 11.6 Å².